The van der Waals surface area contributed by atoms with Crippen molar-refractivity contribution in [3.8, 4) is 0 Å². The standard InChI is InChI=1S/C9H13N4O2/c1-10-4-9(15)13-8(5-14)2-7-3-11-6-12-7/h3,6,8,10H,2,4H2,1H3,(H,11,12)(H,13,15)/t8-/m0/s1. The van der Waals surface area contributed by atoms with E-state index in [0.717, 1.165) is 0 Å². The number of hydrogen-bond donors (Lipinski definition) is 3. The fourth-order valence-electron chi connectivity index (χ4n) is 1.14. The lowest BCUT2D eigenvalue weighted by molar-refractivity contribution is -0.120. The molecule has 6 heteroatoms. The molecule has 0 aromatic carbocycles. The number of imidazole rings is 1. The highest BCUT2D eigenvalue weighted by atomic mass is 16.2. The number of H-pyrrole nitrogens is 1. The summed E-state index contributed by atoms with van der Waals surface area (Å²) in [6.07, 6.45) is 5.31. The largest absolute Gasteiger partial charge is 0.351 e. The summed E-state index contributed by atoms with van der Waals surface area (Å²) in [6, 6.07) is -0.644. The van der Waals surface area contributed by atoms with Crippen molar-refractivity contribution >= 4 is 12.2 Å². The Morgan fingerprint density at radius 2 is 2.53 bits per heavy atom. The predicted octanol–water partition coefficient (Wildman–Crippen LogP) is -1.23. The van der Waals surface area contributed by atoms with E-state index in [-0.39, 0.29) is 12.5 Å². The Bertz CT molecular complexity index is 310. The maximum absolute atomic E-state index is 11.2. The molecule has 1 radical (unpaired) electrons. The molecular formula is C9H13N4O2. The second-order valence-electron chi connectivity index (χ2n) is 3.03. The highest BCUT2D eigenvalue weighted by Crippen LogP contribution is 1.96. The molecule has 0 aliphatic carbocycles. The van der Waals surface area contributed by atoms with E-state index in [1.54, 1.807) is 19.5 Å². The maximum Gasteiger partial charge on any atom is 0.234 e. The molecule has 0 unspecified atom stereocenters. The topological polar surface area (TPSA) is 86.9 Å². The van der Waals surface area contributed by atoms with Crippen molar-refractivity contribution in [2.24, 2.45) is 0 Å². The Kier molecular flexibility index (Phi) is 4.49. The molecule has 1 aromatic rings. The van der Waals surface area contributed by atoms with Crippen LogP contribution in [0.5, 0.6) is 0 Å². The number of likely N-dealkylation sites (N-methyl/N-ethyl adjacent to an activating group) is 1. The summed E-state index contributed by atoms with van der Waals surface area (Å²) in [7, 11) is 1.66. The van der Waals surface area contributed by atoms with Crippen LogP contribution < -0.4 is 10.6 Å². The first-order valence-corrected chi connectivity index (χ1v) is 4.55. The molecule has 0 aliphatic rings. The Balaban J connectivity index is 2.42. The van der Waals surface area contributed by atoms with Crippen LogP contribution in [0.15, 0.2) is 12.5 Å². The number of aromatic nitrogens is 2. The highest BCUT2D eigenvalue weighted by Gasteiger charge is 2.13. The van der Waals surface area contributed by atoms with E-state index in [4.69, 9.17) is 0 Å². The van der Waals surface area contributed by atoms with Gasteiger partial charge in [-0.1, -0.05) is 0 Å². The van der Waals surface area contributed by atoms with Gasteiger partial charge in [-0.05, 0) is 7.05 Å². The number of carbonyl (C=O) groups excluding carboxylic acids is 2. The molecule has 15 heavy (non-hydrogen) atoms. The average Bonchev–Trinajstić information content (AvgIpc) is 2.70. The molecule has 0 saturated carbocycles. The summed E-state index contributed by atoms with van der Waals surface area (Å²) in [5.74, 6) is -0.235. The van der Waals surface area contributed by atoms with Gasteiger partial charge in [0.15, 0.2) is 0 Å². The Hall–Kier alpha value is -1.69. The zero-order valence-electron chi connectivity index (χ0n) is 8.41. The molecular weight excluding hydrogens is 196 g/mol. The van der Waals surface area contributed by atoms with Gasteiger partial charge in [0.25, 0.3) is 0 Å². The van der Waals surface area contributed by atoms with Crippen molar-refractivity contribution in [1.29, 1.82) is 0 Å². The number of amides is 1. The van der Waals surface area contributed by atoms with Gasteiger partial charge in [-0.25, -0.2) is 4.98 Å². The predicted molar refractivity (Wildman–Crippen MR) is 53.8 cm³/mol. The van der Waals surface area contributed by atoms with Crippen LogP contribution in [-0.4, -0.2) is 41.8 Å². The molecule has 1 aromatic heterocycles. The van der Waals surface area contributed by atoms with E-state index in [0.29, 0.717) is 12.1 Å². The quantitative estimate of drug-likeness (QED) is 0.547. The van der Waals surface area contributed by atoms with Gasteiger partial charge in [-0.3, -0.25) is 9.59 Å². The smallest absolute Gasteiger partial charge is 0.234 e. The van der Waals surface area contributed by atoms with Gasteiger partial charge in [0.05, 0.1) is 18.6 Å². The number of aromatic amines is 1. The van der Waals surface area contributed by atoms with Crippen molar-refractivity contribution in [2.75, 3.05) is 13.6 Å². The van der Waals surface area contributed by atoms with E-state index < -0.39 is 6.04 Å². The third-order valence-corrected chi connectivity index (χ3v) is 1.78. The van der Waals surface area contributed by atoms with Crippen LogP contribution in [-0.2, 0) is 16.0 Å². The van der Waals surface area contributed by atoms with Crippen molar-refractivity contribution < 1.29 is 9.59 Å². The molecule has 6 nitrogen and oxygen atoms in total. The Morgan fingerprint density at radius 3 is 3.07 bits per heavy atom. The van der Waals surface area contributed by atoms with Gasteiger partial charge in [-0.2, -0.15) is 0 Å². The Labute approximate surface area is 87.5 Å². The molecule has 81 valence electrons. The van der Waals surface area contributed by atoms with Gasteiger partial charge in [-0.15, -0.1) is 0 Å². The molecule has 0 saturated heterocycles. The van der Waals surface area contributed by atoms with Crippen molar-refractivity contribution in [3.63, 3.8) is 0 Å². The van der Waals surface area contributed by atoms with Crippen LogP contribution in [0.2, 0.25) is 0 Å². The zero-order valence-corrected chi connectivity index (χ0v) is 8.41. The van der Waals surface area contributed by atoms with Crippen LogP contribution in [0, 0.1) is 0 Å². The zero-order chi connectivity index (χ0) is 11.1. The van der Waals surface area contributed by atoms with E-state index in [2.05, 4.69) is 20.6 Å². The van der Waals surface area contributed by atoms with Crippen LogP contribution >= 0.6 is 0 Å². The normalized spacial score (nSPS) is 12.1. The van der Waals surface area contributed by atoms with Crippen LogP contribution in [0.3, 0.4) is 0 Å². The molecule has 1 amide bonds. The minimum atomic E-state index is -0.644. The first-order chi connectivity index (χ1) is 7.26. The van der Waals surface area contributed by atoms with Crippen molar-refractivity contribution in [3.05, 3.63) is 18.2 Å². The molecule has 0 spiro atoms. The van der Waals surface area contributed by atoms with Crippen LogP contribution in [0.1, 0.15) is 5.69 Å². The van der Waals surface area contributed by atoms with Crippen LogP contribution in [0.25, 0.3) is 0 Å². The highest BCUT2D eigenvalue weighted by molar-refractivity contribution is 5.81. The van der Waals surface area contributed by atoms with Crippen molar-refractivity contribution in [1.82, 2.24) is 20.6 Å². The van der Waals surface area contributed by atoms with Gasteiger partial charge in [0, 0.05) is 12.6 Å². The molecule has 3 N–H and O–H groups in total. The molecule has 0 fully saturated rings. The van der Waals surface area contributed by atoms with E-state index in [1.165, 1.54) is 6.33 Å². The number of nitrogens with one attached hydrogen (secondary N) is 3. The average molecular weight is 209 g/mol. The third kappa shape index (κ3) is 3.90. The monoisotopic (exact) mass is 209 g/mol. The molecule has 1 atom stereocenters. The molecule has 1 rings (SSSR count). The lowest BCUT2D eigenvalue weighted by Gasteiger charge is -2.10. The summed E-state index contributed by atoms with van der Waals surface area (Å²) in [6.45, 7) is 0.179. The SMILES string of the molecule is CNCC(=O)N[C@H]([C]=O)Cc1c[nH]cn1. The van der Waals surface area contributed by atoms with Gasteiger partial charge in [0.2, 0.25) is 12.2 Å². The van der Waals surface area contributed by atoms with E-state index in [9.17, 15) is 9.59 Å². The summed E-state index contributed by atoms with van der Waals surface area (Å²) in [4.78, 5) is 28.5. The maximum atomic E-state index is 11.2. The summed E-state index contributed by atoms with van der Waals surface area (Å²) in [5, 5.41) is 5.22. The summed E-state index contributed by atoms with van der Waals surface area (Å²) in [5.41, 5.74) is 0.716. The summed E-state index contributed by atoms with van der Waals surface area (Å²) < 4.78 is 0. The van der Waals surface area contributed by atoms with E-state index >= 15 is 0 Å². The van der Waals surface area contributed by atoms with E-state index in [1.807, 2.05) is 0 Å². The lowest BCUT2D eigenvalue weighted by atomic mass is 10.2. The van der Waals surface area contributed by atoms with Crippen molar-refractivity contribution in [2.45, 2.75) is 12.5 Å². The fourth-order valence-corrected chi connectivity index (χ4v) is 1.14. The lowest BCUT2D eigenvalue weighted by Crippen LogP contribution is -2.41. The van der Waals surface area contributed by atoms with Gasteiger partial charge >= 0.3 is 0 Å². The fraction of sp³-hybridized carbons (Fsp3) is 0.444. The number of nitrogens with zero attached hydrogens (tertiary/aromatic N) is 1. The minimum absolute atomic E-state index is 0.179. The first kappa shape index (κ1) is 11.4. The first-order valence-electron chi connectivity index (χ1n) is 4.55. The molecule has 0 bridgehead atoms. The number of carbonyl (C=O) groups is 1. The van der Waals surface area contributed by atoms with Crippen LogP contribution in [0.4, 0.5) is 0 Å². The number of rotatable bonds is 6. The van der Waals surface area contributed by atoms with Gasteiger partial charge < -0.3 is 15.6 Å². The minimum Gasteiger partial charge on any atom is -0.351 e. The Morgan fingerprint density at radius 1 is 1.73 bits per heavy atom. The van der Waals surface area contributed by atoms with Gasteiger partial charge in [0.1, 0.15) is 6.04 Å². The number of hydrogen-bond acceptors (Lipinski definition) is 4. The second kappa shape index (κ2) is 5.92. The third-order valence-electron chi connectivity index (χ3n) is 1.78. The molecule has 0 aliphatic heterocycles. The molecule has 1 heterocycles. The second-order valence-corrected chi connectivity index (χ2v) is 3.03. The summed E-state index contributed by atoms with van der Waals surface area (Å²) >= 11 is 0.